The number of nitrogens with zero attached hydrogens (tertiary/aromatic N) is 1. The zero-order valence-corrected chi connectivity index (χ0v) is 8.77. The number of benzene rings is 1. The van der Waals surface area contributed by atoms with E-state index in [2.05, 4.69) is 15.3 Å². The Balaban J connectivity index is 2.48. The van der Waals surface area contributed by atoms with Crippen LogP contribution in [0.1, 0.15) is 0 Å². The Morgan fingerprint density at radius 2 is 2.27 bits per heavy atom. The highest BCUT2D eigenvalue weighted by atomic mass is 35.5. The standard InChI is InChI=1S/C10H9ClFN3/c1-13-10-14-5-9(15-10)7-4-6(11)2-3-8(7)12/h2-5H,1H3,(H2,13,14,15). The van der Waals surface area contributed by atoms with Crippen LogP contribution < -0.4 is 5.32 Å². The number of anilines is 1. The van der Waals surface area contributed by atoms with Crippen LogP contribution >= 0.6 is 11.6 Å². The fourth-order valence-corrected chi connectivity index (χ4v) is 1.46. The summed E-state index contributed by atoms with van der Waals surface area (Å²) in [4.78, 5) is 6.93. The van der Waals surface area contributed by atoms with Crippen molar-refractivity contribution < 1.29 is 4.39 Å². The summed E-state index contributed by atoms with van der Waals surface area (Å²) in [6.07, 6.45) is 1.56. The van der Waals surface area contributed by atoms with E-state index in [0.29, 0.717) is 22.2 Å². The molecule has 0 radical (unpaired) electrons. The minimum Gasteiger partial charge on any atom is -0.359 e. The lowest BCUT2D eigenvalue weighted by Crippen LogP contribution is -1.89. The summed E-state index contributed by atoms with van der Waals surface area (Å²) in [5, 5.41) is 3.32. The van der Waals surface area contributed by atoms with Crippen molar-refractivity contribution in [1.29, 1.82) is 0 Å². The summed E-state index contributed by atoms with van der Waals surface area (Å²) in [5.74, 6) is 0.259. The first-order chi connectivity index (χ1) is 7.20. The Hall–Kier alpha value is -1.55. The largest absolute Gasteiger partial charge is 0.359 e. The second-order valence-corrected chi connectivity index (χ2v) is 3.46. The molecule has 1 aromatic carbocycles. The van der Waals surface area contributed by atoms with E-state index in [-0.39, 0.29) is 5.82 Å². The normalized spacial score (nSPS) is 10.3. The summed E-state index contributed by atoms with van der Waals surface area (Å²) >= 11 is 5.79. The molecule has 1 heterocycles. The van der Waals surface area contributed by atoms with Gasteiger partial charge in [-0.15, -0.1) is 0 Å². The Bertz CT molecular complexity index is 481. The number of hydrogen-bond donors (Lipinski definition) is 2. The molecule has 0 aliphatic rings. The molecule has 1 aromatic heterocycles. The molecule has 78 valence electrons. The molecular formula is C10H9ClFN3. The predicted octanol–water partition coefficient (Wildman–Crippen LogP) is 2.91. The number of imidazole rings is 1. The maximum atomic E-state index is 13.4. The van der Waals surface area contributed by atoms with E-state index in [1.165, 1.54) is 12.1 Å². The van der Waals surface area contributed by atoms with Crippen molar-refractivity contribution in [3.8, 4) is 11.3 Å². The average molecular weight is 226 g/mol. The maximum Gasteiger partial charge on any atom is 0.200 e. The van der Waals surface area contributed by atoms with Gasteiger partial charge in [0.1, 0.15) is 5.82 Å². The number of rotatable bonds is 2. The third kappa shape index (κ3) is 1.94. The lowest BCUT2D eigenvalue weighted by Gasteiger charge is -2.00. The SMILES string of the molecule is CNc1ncc(-c2cc(Cl)ccc2F)[nH]1. The highest BCUT2D eigenvalue weighted by molar-refractivity contribution is 6.30. The molecule has 0 aliphatic carbocycles. The first-order valence-electron chi connectivity index (χ1n) is 4.39. The van der Waals surface area contributed by atoms with Crippen LogP contribution in [-0.2, 0) is 0 Å². The monoisotopic (exact) mass is 225 g/mol. The average Bonchev–Trinajstić information content (AvgIpc) is 2.70. The minimum absolute atomic E-state index is 0.328. The van der Waals surface area contributed by atoms with Crippen LogP contribution in [0.2, 0.25) is 5.02 Å². The van der Waals surface area contributed by atoms with E-state index in [0.717, 1.165) is 0 Å². The molecule has 0 bridgehead atoms. The third-order valence-corrected chi connectivity index (χ3v) is 2.27. The Labute approximate surface area is 91.3 Å². The van der Waals surface area contributed by atoms with Crippen LogP contribution in [-0.4, -0.2) is 17.0 Å². The van der Waals surface area contributed by atoms with Crippen LogP contribution in [0.15, 0.2) is 24.4 Å². The van der Waals surface area contributed by atoms with Gasteiger partial charge in [-0.3, -0.25) is 0 Å². The number of nitrogens with one attached hydrogen (secondary N) is 2. The number of halogens is 2. The third-order valence-electron chi connectivity index (χ3n) is 2.03. The molecule has 0 saturated carbocycles. The molecule has 0 fully saturated rings. The molecule has 0 amide bonds. The highest BCUT2D eigenvalue weighted by Crippen LogP contribution is 2.25. The van der Waals surface area contributed by atoms with Crippen molar-refractivity contribution in [2.24, 2.45) is 0 Å². The highest BCUT2D eigenvalue weighted by Gasteiger charge is 2.08. The first-order valence-corrected chi connectivity index (χ1v) is 4.76. The Morgan fingerprint density at radius 1 is 1.47 bits per heavy atom. The van der Waals surface area contributed by atoms with Gasteiger partial charge in [0.25, 0.3) is 0 Å². The van der Waals surface area contributed by atoms with Gasteiger partial charge >= 0.3 is 0 Å². The summed E-state index contributed by atoms with van der Waals surface area (Å²) in [5.41, 5.74) is 1.01. The smallest absolute Gasteiger partial charge is 0.200 e. The van der Waals surface area contributed by atoms with Crippen LogP contribution in [0.3, 0.4) is 0 Å². The van der Waals surface area contributed by atoms with Gasteiger partial charge < -0.3 is 10.3 Å². The molecule has 0 spiro atoms. The van der Waals surface area contributed by atoms with Gasteiger partial charge in [-0.2, -0.15) is 0 Å². The predicted molar refractivity (Wildman–Crippen MR) is 58.5 cm³/mol. The second-order valence-electron chi connectivity index (χ2n) is 3.02. The van der Waals surface area contributed by atoms with E-state index in [1.807, 2.05) is 0 Å². The minimum atomic E-state index is -0.328. The van der Waals surface area contributed by atoms with Gasteiger partial charge in [0, 0.05) is 17.6 Å². The zero-order chi connectivity index (χ0) is 10.8. The maximum absolute atomic E-state index is 13.4. The summed E-state index contributed by atoms with van der Waals surface area (Å²) in [7, 11) is 1.73. The molecule has 15 heavy (non-hydrogen) atoms. The topological polar surface area (TPSA) is 40.7 Å². The van der Waals surface area contributed by atoms with Crippen LogP contribution in [0.25, 0.3) is 11.3 Å². The zero-order valence-electron chi connectivity index (χ0n) is 8.01. The quantitative estimate of drug-likeness (QED) is 0.825. The van der Waals surface area contributed by atoms with Gasteiger partial charge in [0.15, 0.2) is 5.95 Å². The Kier molecular flexibility index (Phi) is 2.60. The van der Waals surface area contributed by atoms with Crippen LogP contribution in [0.4, 0.5) is 10.3 Å². The van der Waals surface area contributed by atoms with Gasteiger partial charge in [-0.05, 0) is 18.2 Å². The molecule has 2 rings (SSSR count). The molecule has 0 saturated heterocycles. The van der Waals surface area contributed by atoms with E-state index in [4.69, 9.17) is 11.6 Å². The molecule has 2 aromatic rings. The summed E-state index contributed by atoms with van der Waals surface area (Å²) < 4.78 is 13.4. The van der Waals surface area contributed by atoms with E-state index in [9.17, 15) is 4.39 Å². The van der Waals surface area contributed by atoms with Gasteiger partial charge in [-0.25, -0.2) is 9.37 Å². The summed E-state index contributed by atoms with van der Waals surface area (Å²) in [6.45, 7) is 0. The van der Waals surface area contributed by atoms with Crippen molar-refractivity contribution in [1.82, 2.24) is 9.97 Å². The van der Waals surface area contributed by atoms with Gasteiger partial charge in [0.2, 0.25) is 0 Å². The van der Waals surface area contributed by atoms with Crippen molar-refractivity contribution in [3.05, 3.63) is 35.2 Å². The number of hydrogen-bond acceptors (Lipinski definition) is 2. The van der Waals surface area contributed by atoms with Crippen LogP contribution in [0.5, 0.6) is 0 Å². The molecule has 0 unspecified atom stereocenters. The van der Waals surface area contributed by atoms with Crippen molar-refractivity contribution in [2.75, 3.05) is 12.4 Å². The van der Waals surface area contributed by atoms with E-state index in [1.54, 1.807) is 19.3 Å². The molecule has 3 nitrogen and oxygen atoms in total. The van der Waals surface area contributed by atoms with Crippen molar-refractivity contribution in [2.45, 2.75) is 0 Å². The van der Waals surface area contributed by atoms with Crippen molar-refractivity contribution in [3.63, 3.8) is 0 Å². The number of H-pyrrole nitrogens is 1. The van der Waals surface area contributed by atoms with Gasteiger partial charge in [-0.1, -0.05) is 11.6 Å². The number of aromatic nitrogens is 2. The molecular weight excluding hydrogens is 217 g/mol. The van der Waals surface area contributed by atoms with E-state index >= 15 is 0 Å². The lowest BCUT2D eigenvalue weighted by molar-refractivity contribution is 0.631. The molecule has 5 heteroatoms. The Morgan fingerprint density at radius 3 is 2.93 bits per heavy atom. The van der Waals surface area contributed by atoms with E-state index < -0.39 is 0 Å². The lowest BCUT2D eigenvalue weighted by atomic mass is 10.1. The molecule has 0 atom stereocenters. The fraction of sp³-hybridized carbons (Fsp3) is 0.100. The first kappa shape index (κ1) is 9.98. The molecule has 2 N–H and O–H groups in total. The summed E-state index contributed by atoms with van der Waals surface area (Å²) in [6, 6.07) is 4.40. The van der Waals surface area contributed by atoms with Crippen molar-refractivity contribution >= 4 is 17.5 Å². The van der Waals surface area contributed by atoms with Gasteiger partial charge in [0.05, 0.1) is 11.9 Å². The fourth-order valence-electron chi connectivity index (χ4n) is 1.29. The molecule has 0 aliphatic heterocycles. The second kappa shape index (κ2) is 3.90. The number of aromatic amines is 1. The van der Waals surface area contributed by atoms with Crippen LogP contribution in [0, 0.1) is 5.82 Å².